The first-order chi connectivity index (χ1) is 25.8. The SMILES string of the molecule is C1=CC(C2C=CC3=C(C2)SC2=C(C=CCC2)C32C3=CCCC=C3SC3CCC(C4=CC5C(C=C4)C4=C(C=CCC4)N5C4CC=CCC4)=CC32)CCC1. The van der Waals surface area contributed by atoms with E-state index in [-0.39, 0.29) is 5.41 Å². The molecule has 0 saturated carbocycles. The summed E-state index contributed by atoms with van der Waals surface area (Å²) < 4.78 is 0. The quantitative estimate of drug-likeness (QED) is 0.267. The van der Waals surface area contributed by atoms with E-state index in [4.69, 9.17) is 0 Å². The fourth-order valence-corrected chi connectivity index (χ4v) is 15.2. The van der Waals surface area contributed by atoms with Crippen LogP contribution in [0.15, 0.2) is 151 Å². The van der Waals surface area contributed by atoms with Gasteiger partial charge >= 0.3 is 0 Å². The summed E-state index contributed by atoms with van der Waals surface area (Å²) >= 11 is 4.43. The van der Waals surface area contributed by atoms with Crippen molar-refractivity contribution in [3.63, 3.8) is 0 Å². The fraction of sp³-hybridized carbons (Fsp3) is 0.469. The van der Waals surface area contributed by atoms with Gasteiger partial charge in [0.25, 0.3) is 0 Å². The van der Waals surface area contributed by atoms with Crippen LogP contribution in [0, 0.1) is 29.1 Å². The molecule has 0 N–H and O–H groups in total. The highest BCUT2D eigenvalue weighted by atomic mass is 32.2. The minimum atomic E-state index is -0.0781. The lowest BCUT2D eigenvalue weighted by Gasteiger charge is -2.56. The molecule has 3 heteroatoms. The molecule has 0 aromatic rings. The summed E-state index contributed by atoms with van der Waals surface area (Å²) in [4.78, 5) is 7.86. The summed E-state index contributed by atoms with van der Waals surface area (Å²) in [6.07, 6.45) is 59.8. The molecule has 8 atom stereocenters. The van der Waals surface area contributed by atoms with E-state index in [1.807, 2.05) is 0 Å². The molecule has 0 aromatic heterocycles. The van der Waals surface area contributed by atoms with Crippen LogP contribution in [0.1, 0.15) is 96.3 Å². The van der Waals surface area contributed by atoms with Gasteiger partial charge in [0.2, 0.25) is 0 Å². The molecule has 11 aliphatic rings. The summed E-state index contributed by atoms with van der Waals surface area (Å²) in [6.45, 7) is 0. The van der Waals surface area contributed by atoms with Crippen LogP contribution in [0.25, 0.3) is 0 Å². The smallest absolute Gasteiger partial charge is 0.0586 e. The third-order valence-corrected chi connectivity index (χ3v) is 17.3. The van der Waals surface area contributed by atoms with Crippen LogP contribution >= 0.6 is 23.5 Å². The molecule has 0 bridgehead atoms. The van der Waals surface area contributed by atoms with Crippen molar-refractivity contribution in [3.05, 3.63) is 151 Å². The molecule has 1 fully saturated rings. The largest absolute Gasteiger partial charge is 0.361 e. The van der Waals surface area contributed by atoms with Crippen LogP contribution in [0.4, 0.5) is 0 Å². The third kappa shape index (κ3) is 5.03. The maximum Gasteiger partial charge on any atom is 0.0586 e. The second-order valence-corrected chi connectivity index (χ2v) is 19.6. The number of thioether (sulfide) groups is 2. The first kappa shape index (κ1) is 32.5. The van der Waals surface area contributed by atoms with Gasteiger partial charge in [-0.1, -0.05) is 103 Å². The topological polar surface area (TPSA) is 3.24 Å². The Balaban J connectivity index is 1.03. The second-order valence-electron chi connectivity index (χ2n) is 17.1. The van der Waals surface area contributed by atoms with Crippen molar-refractivity contribution < 1.29 is 0 Å². The molecular weight excluding hydrogens is 667 g/mol. The van der Waals surface area contributed by atoms with E-state index in [1.165, 1.54) is 102 Å². The first-order valence-corrected chi connectivity index (χ1v) is 22.7. The van der Waals surface area contributed by atoms with Crippen LogP contribution in [-0.4, -0.2) is 22.2 Å². The van der Waals surface area contributed by atoms with Crippen LogP contribution in [-0.2, 0) is 0 Å². The van der Waals surface area contributed by atoms with Gasteiger partial charge in [0, 0.05) is 33.7 Å². The summed E-state index contributed by atoms with van der Waals surface area (Å²) in [5, 5.41) is 0.607. The number of hydrogen-bond acceptors (Lipinski definition) is 3. The average Bonchev–Trinajstić information content (AvgIpc) is 3.55. The zero-order chi connectivity index (χ0) is 34.2. The average molecular weight is 720 g/mol. The minimum Gasteiger partial charge on any atom is -0.361 e. The minimum absolute atomic E-state index is 0.0781. The van der Waals surface area contributed by atoms with E-state index in [2.05, 4.69) is 126 Å². The Hall–Kier alpha value is -2.88. The molecule has 0 radical (unpaired) electrons. The number of fused-ring (bicyclic) bond motifs is 8. The standard InChI is InChI=1S/C49H53NS2/c1-3-13-32(14-4-1)35-24-27-41-48(31-35)52-46-22-12-9-19-40(46)49(41)39-18-8-11-21-45(39)51-47-28-25-33(29-42(47)49)34-23-26-38-37-17-7-10-20-43(37)50(44(38)30-34)36-15-5-2-6-16-36/h2-3,5,9-10,13,18-21,23-24,26-27,29-30,32,35-36,38,42,44,47H,1,4,6-8,11-12,14-17,22,25,28,31H2. The fourth-order valence-electron chi connectivity index (χ4n) is 12.2. The Labute approximate surface area is 320 Å². The summed E-state index contributed by atoms with van der Waals surface area (Å²) in [5.74, 6) is 2.32. The first-order valence-electron chi connectivity index (χ1n) is 21.0. The van der Waals surface area contributed by atoms with Crippen LogP contribution in [0.5, 0.6) is 0 Å². The Morgan fingerprint density at radius 2 is 1.62 bits per heavy atom. The van der Waals surface area contributed by atoms with Gasteiger partial charge in [-0.2, -0.15) is 0 Å². The molecule has 8 aliphatic carbocycles. The lowest BCUT2D eigenvalue weighted by Crippen LogP contribution is -2.48. The maximum atomic E-state index is 2.88. The molecular formula is C49H53NS2. The van der Waals surface area contributed by atoms with Crippen molar-refractivity contribution in [2.24, 2.45) is 29.1 Å². The van der Waals surface area contributed by atoms with Gasteiger partial charge in [0.15, 0.2) is 0 Å². The summed E-state index contributed by atoms with van der Waals surface area (Å²) in [6, 6.07) is 1.07. The van der Waals surface area contributed by atoms with Crippen molar-refractivity contribution in [2.45, 2.75) is 114 Å². The van der Waals surface area contributed by atoms with Gasteiger partial charge in [-0.05, 0) is 157 Å². The molecule has 11 rings (SSSR count). The Kier molecular flexibility index (Phi) is 8.23. The predicted molar refractivity (Wildman–Crippen MR) is 222 cm³/mol. The number of nitrogens with zero attached hydrogens (tertiary/aromatic N) is 1. The van der Waals surface area contributed by atoms with Crippen molar-refractivity contribution in [2.75, 3.05) is 0 Å². The molecule has 3 heterocycles. The molecule has 3 aliphatic heterocycles. The van der Waals surface area contributed by atoms with Gasteiger partial charge in [-0.15, -0.1) is 11.8 Å². The highest BCUT2D eigenvalue weighted by Gasteiger charge is 2.58. The van der Waals surface area contributed by atoms with Crippen molar-refractivity contribution in [3.8, 4) is 0 Å². The Morgan fingerprint density at radius 3 is 2.54 bits per heavy atom. The lowest BCUT2D eigenvalue weighted by atomic mass is 9.55. The van der Waals surface area contributed by atoms with Gasteiger partial charge < -0.3 is 4.90 Å². The van der Waals surface area contributed by atoms with E-state index in [0.29, 0.717) is 41.0 Å². The van der Waals surface area contributed by atoms with E-state index in [0.717, 1.165) is 0 Å². The van der Waals surface area contributed by atoms with Crippen LogP contribution < -0.4 is 0 Å². The molecule has 0 aromatic carbocycles. The number of hydrogen-bond donors (Lipinski definition) is 0. The van der Waals surface area contributed by atoms with Crippen LogP contribution in [0.2, 0.25) is 0 Å². The van der Waals surface area contributed by atoms with Gasteiger partial charge in [-0.25, -0.2) is 0 Å². The second kappa shape index (κ2) is 13.2. The van der Waals surface area contributed by atoms with Crippen molar-refractivity contribution >= 4 is 23.5 Å². The molecule has 0 amide bonds. The van der Waals surface area contributed by atoms with Crippen molar-refractivity contribution in [1.82, 2.24) is 4.90 Å². The maximum absolute atomic E-state index is 2.88. The number of rotatable bonds is 3. The zero-order valence-electron chi connectivity index (χ0n) is 30.6. The zero-order valence-corrected chi connectivity index (χ0v) is 32.3. The van der Waals surface area contributed by atoms with Crippen molar-refractivity contribution in [1.29, 1.82) is 0 Å². The highest BCUT2D eigenvalue weighted by molar-refractivity contribution is 8.06. The van der Waals surface area contributed by atoms with Gasteiger partial charge in [0.1, 0.15) is 0 Å². The molecule has 1 saturated heterocycles. The van der Waals surface area contributed by atoms with Gasteiger partial charge in [-0.3, -0.25) is 0 Å². The normalized spacial score (nSPS) is 38.6. The predicted octanol–water partition coefficient (Wildman–Crippen LogP) is 13.1. The summed E-state index contributed by atoms with van der Waals surface area (Å²) in [7, 11) is 0. The molecule has 1 nitrogen and oxygen atoms in total. The Morgan fingerprint density at radius 1 is 0.692 bits per heavy atom. The molecule has 52 heavy (non-hydrogen) atoms. The molecule has 8 unspecified atom stereocenters. The van der Waals surface area contributed by atoms with Gasteiger partial charge in [0.05, 0.1) is 11.5 Å². The molecule has 1 spiro atoms. The molecule has 266 valence electrons. The Bertz CT molecular complexity index is 1980. The van der Waals surface area contributed by atoms with Crippen LogP contribution in [0.3, 0.4) is 0 Å². The third-order valence-electron chi connectivity index (χ3n) is 14.5. The van der Waals surface area contributed by atoms with E-state index in [1.54, 1.807) is 48.3 Å². The number of allylic oxidation sites excluding steroid dienone is 20. The monoisotopic (exact) mass is 719 g/mol. The van der Waals surface area contributed by atoms with E-state index < -0.39 is 0 Å². The van der Waals surface area contributed by atoms with E-state index >= 15 is 0 Å². The summed E-state index contributed by atoms with van der Waals surface area (Å²) in [5.41, 5.74) is 11.3. The lowest BCUT2D eigenvalue weighted by molar-refractivity contribution is 0.209. The van der Waals surface area contributed by atoms with E-state index in [9.17, 15) is 0 Å². The highest BCUT2D eigenvalue weighted by Crippen LogP contribution is 2.70.